The monoisotopic (exact) mass is 277 g/mol. The molecule has 2 rings (SSSR count). The van der Waals surface area contributed by atoms with E-state index in [1.807, 2.05) is 26.0 Å². The van der Waals surface area contributed by atoms with Crippen LogP contribution in [0.5, 0.6) is 0 Å². The van der Waals surface area contributed by atoms with Crippen molar-refractivity contribution in [3.63, 3.8) is 0 Å². The average molecular weight is 277 g/mol. The third-order valence-corrected chi connectivity index (χ3v) is 5.12. The Labute approximate surface area is 123 Å². The minimum absolute atomic E-state index is 0.0547. The first kappa shape index (κ1) is 15.5. The van der Waals surface area contributed by atoms with Crippen LogP contribution in [0, 0.1) is 25.1 Å². The van der Waals surface area contributed by atoms with Gasteiger partial charge in [-0.15, -0.1) is 0 Å². The van der Waals surface area contributed by atoms with Gasteiger partial charge in [-0.1, -0.05) is 38.8 Å². The lowest BCUT2D eigenvalue weighted by Gasteiger charge is -2.38. The predicted molar refractivity (Wildman–Crippen MR) is 83.5 cm³/mol. The molecule has 0 saturated heterocycles. The van der Waals surface area contributed by atoms with E-state index >= 15 is 0 Å². The van der Waals surface area contributed by atoms with E-state index in [4.69, 9.17) is 0 Å². The molecule has 1 aromatic carbocycles. The maximum Gasteiger partial charge on any atom is 0.129 e. The van der Waals surface area contributed by atoms with Crippen molar-refractivity contribution in [2.75, 3.05) is 6.54 Å². The molecule has 20 heavy (non-hydrogen) atoms. The minimum Gasteiger partial charge on any atom is -0.310 e. The third kappa shape index (κ3) is 2.76. The Kier molecular flexibility index (Phi) is 4.85. The summed E-state index contributed by atoms with van der Waals surface area (Å²) in [5.74, 6) is -0.0547. The van der Waals surface area contributed by atoms with Gasteiger partial charge in [-0.25, -0.2) is 4.39 Å². The van der Waals surface area contributed by atoms with Crippen LogP contribution in [0.3, 0.4) is 0 Å². The summed E-state index contributed by atoms with van der Waals surface area (Å²) in [6.07, 6.45) is 6.43. The number of hydrogen-bond donors (Lipinski definition) is 1. The van der Waals surface area contributed by atoms with Crippen LogP contribution in [0.4, 0.5) is 4.39 Å². The molecule has 1 unspecified atom stereocenters. The standard InChI is InChI=1S/C18H28FN/c1-5-18(9-7-8-10-18)17(20-6-2)15-11-13(3)16(19)14(4)12-15/h11-12,17,20H,5-10H2,1-4H3. The van der Waals surface area contributed by atoms with Gasteiger partial charge in [0.2, 0.25) is 0 Å². The van der Waals surface area contributed by atoms with Crippen LogP contribution in [0.1, 0.15) is 68.7 Å². The molecule has 1 N–H and O–H groups in total. The van der Waals surface area contributed by atoms with Gasteiger partial charge in [0, 0.05) is 6.04 Å². The first-order valence-electron chi connectivity index (χ1n) is 8.04. The number of halogens is 1. The molecule has 0 radical (unpaired) electrons. The quantitative estimate of drug-likeness (QED) is 0.793. The number of benzene rings is 1. The fourth-order valence-electron chi connectivity index (χ4n) is 3.96. The molecule has 1 aromatic rings. The molecule has 0 heterocycles. The largest absolute Gasteiger partial charge is 0.310 e. The number of rotatable bonds is 5. The molecule has 1 saturated carbocycles. The minimum atomic E-state index is -0.0547. The lowest BCUT2D eigenvalue weighted by molar-refractivity contribution is 0.189. The van der Waals surface area contributed by atoms with Crippen molar-refractivity contribution in [3.8, 4) is 0 Å². The molecule has 2 heteroatoms. The molecule has 0 spiro atoms. The zero-order valence-electron chi connectivity index (χ0n) is 13.4. The lowest BCUT2D eigenvalue weighted by Crippen LogP contribution is -2.36. The molecule has 0 bridgehead atoms. The summed E-state index contributed by atoms with van der Waals surface area (Å²) in [6, 6.07) is 4.45. The van der Waals surface area contributed by atoms with Gasteiger partial charge in [0.05, 0.1) is 0 Å². The Morgan fingerprint density at radius 1 is 1.15 bits per heavy atom. The molecule has 1 atom stereocenters. The van der Waals surface area contributed by atoms with Gasteiger partial charge in [-0.3, -0.25) is 0 Å². The highest BCUT2D eigenvalue weighted by Crippen LogP contribution is 2.50. The molecule has 1 fully saturated rings. The third-order valence-electron chi connectivity index (χ3n) is 5.12. The number of nitrogens with one attached hydrogen (secondary N) is 1. The lowest BCUT2D eigenvalue weighted by atomic mass is 9.73. The molecule has 1 aliphatic carbocycles. The van der Waals surface area contributed by atoms with Crippen molar-refractivity contribution in [3.05, 3.63) is 34.6 Å². The van der Waals surface area contributed by atoms with Crippen LogP contribution in [0.2, 0.25) is 0 Å². The van der Waals surface area contributed by atoms with Gasteiger partial charge >= 0.3 is 0 Å². The average Bonchev–Trinajstić information content (AvgIpc) is 2.91. The van der Waals surface area contributed by atoms with E-state index < -0.39 is 0 Å². The van der Waals surface area contributed by atoms with Crippen molar-refractivity contribution < 1.29 is 4.39 Å². The first-order valence-corrected chi connectivity index (χ1v) is 8.04. The second-order valence-corrected chi connectivity index (χ2v) is 6.38. The summed E-state index contributed by atoms with van der Waals surface area (Å²) in [6.45, 7) is 9.18. The van der Waals surface area contributed by atoms with Gasteiger partial charge in [-0.05, 0) is 61.8 Å². The highest BCUT2D eigenvalue weighted by atomic mass is 19.1. The molecule has 112 valence electrons. The van der Waals surface area contributed by atoms with E-state index in [0.29, 0.717) is 11.5 Å². The maximum atomic E-state index is 13.9. The Morgan fingerprint density at radius 3 is 2.15 bits per heavy atom. The second kappa shape index (κ2) is 6.26. The van der Waals surface area contributed by atoms with Crippen molar-refractivity contribution >= 4 is 0 Å². The van der Waals surface area contributed by atoms with Crippen LogP contribution in [0.25, 0.3) is 0 Å². The van der Waals surface area contributed by atoms with E-state index in [0.717, 1.165) is 17.7 Å². The predicted octanol–water partition coefficient (Wildman–Crippen LogP) is 5.06. The molecule has 0 amide bonds. The van der Waals surface area contributed by atoms with Gasteiger partial charge < -0.3 is 5.32 Å². The summed E-state index contributed by atoms with van der Waals surface area (Å²) in [7, 11) is 0. The molecule has 0 aromatic heterocycles. The summed E-state index contributed by atoms with van der Waals surface area (Å²) in [5.41, 5.74) is 3.17. The fraction of sp³-hybridized carbons (Fsp3) is 0.667. The van der Waals surface area contributed by atoms with Crippen LogP contribution < -0.4 is 5.32 Å². The van der Waals surface area contributed by atoms with E-state index in [2.05, 4.69) is 19.2 Å². The zero-order valence-corrected chi connectivity index (χ0v) is 13.4. The Hall–Kier alpha value is -0.890. The smallest absolute Gasteiger partial charge is 0.129 e. The Morgan fingerprint density at radius 2 is 1.70 bits per heavy atom. The highest BCUT2D eigenvalue weighted by molar-refractivity contribution is 5.33. The van der Waals surface area contributed by atoms with Gasteiger partial charge in [-0.2, -0.15) is 0 Å². The molecule has 1 nitrogen and oxygen atoms in total. The molecule has 1 aliphatic rings. The first-order chi connectivity index (χ1) is 9.54. The molecule has 0 aliphatic heterocycles. The summed E-state index contributed by atoms with van der Waals surface area (Å²) in [5, 5.41) is 3.68. The fourth-order valence-corrected chi connectivity index (χ4v) is 3.96. The summed E-state index contributed by atoms with van der Waals surface area (Å²) < 4.78 is 13.9. The maximum absolute atomic E-state index is 13.9. The van der Waals surface area contributed by atoms with Gasteiger partial charge in [0.1, 0.15) is 5.82 Å². The number of hydrogen-bond acceptors (Lipinski definition) is 1. The van der Waals surface area contributed by atoms with Crippen LogP contribution in [-0.2, 0) is 0 Å². The van der Waals surface area contributed by atoms with Crippen molar-refractivity contribution in [1.82, 2.24) is 5.32 Å². The van der Waals surface area contributed by atoms with Crippen molar-refractivity contribution in [1.29, 1.82) is 0 Å². The SMILES string of the molecule is CCNC(c1cc(C)c(F)c(C)c1)C1(CC)CCCC1. The molecular formula is C18H28FN. The van der Waals surface area contributed by atoms with Gasteiger partial charge in [0.15, 0.2) is 0 Å². The normalized spacial score (nSPS) is 19.2. The van der Waals surface area contributed by atoms with E-state index in [-0.39, 0.29) is 5.82 Å². The second-order valence-electron chi connectivity index (χ2n) is 6.38. The van der Waals surface area contributed by atoms with E-state index in [9.17, 15) is 4.39 Å². The highest BCUT2D eigenvalue weighted by Gasteiger charge is 2.40. The Bertz CT molecular complexity index is 437. The van der Waals surface area contributed by atoms with Crippen LogP contribution in [0.15, 0.2) is 12.1 Å². The van der Waals surface area contributed by atoms with Gasteiger partial charge in [0.25, 0.3) is 0 Å². The summed E-state index contributed by atoms with van der Waals surface area (Å²) in [4.78, 5) is 0. The zero-order chi connectivity index (χ0) is 14.8. The Balaban J connectivity index is 2.42. The number of aryl methyl sites for hydroxylation is 2. The molecular weight excluding hydrogens is 249 g/mol. The summed E-state index contributed by atoms with van der Waals surface area (Å²) >= 11 is 0. The van der Waals surface area contributed by atoms with Crippen molar-refractivity contribution in [2.24, 2.45) is 5.41 Å². The van der Waals surface area contributed by atoms with E-state index in [1.54, 1.807) is 0 Å². The topological polar surface area (TPSA) is 12.0 Å². The van der Waals surface area contributed by atoms with Crippen LogP contribution >= 0.6 is 0 Å². The van der Waals surface area contributed by atoms with E-state index in [1.165, 1.54) is 37.7 Å². The van der Waals surface area contributed by atoms with Crippen LogP contribution in [-0.4, -0.2) is 6.54 Å². The van der Waals surface area contributed by atoms with Crippen molar-refractivity contribution in [2.45, 2.75) is 65.8 Å².